The van der Waals surface area contributed by atoms with Gasteiger partial charge in [0, 0.05) is 82.6 Å². The number of hydrogen-bond acceptors (Lipinski definition) is 20. The molecule has 0 saturated carbocycles. The minimum atomic E-state index is -2.69. The molecule has 0 aliphatic carbocycles. The van der Waals surface area contributed by atoms with Crippen molar-refractivity contribution in [3.8, 4) is 0 Å². The van der Waals surface area contributed by atoms with Gasteiger partial charge in [0.1, 0.15) is 0 Å². The third-order valence-corrected chi connectivity index (χ3v) is 25.1. The summed E-state index contributed by atoms with van der Waals surface area (Å²) < 4.78 is 24.0. The summed E-state index contributed by atoms with van der Waals surface area (Å²) >= 11 is 29.2. The molecule has 0 radical (unpaired) electrons. The summed E-state index contributed by atoms with van der Waals surface area (Å²) in [6, 6.07) is 0. The average molecular weight is 1020 g/mol. The van der Waals surface area contributed by atoms with Crippen LogP contribution < -0.4 is 24.5 Å². The largest absolute Gasteiger partial charge is 0.793 e. The van der Waals surface area contributed by atoms with Crippen LogP contribution in [0.2, 0.25) is 0 Å². The maximum atomic E-state index is 11.0. The van der Waals surface area contributed by atoms with E-state index < -0.39 is 28.5 Å². The first-order valence-electron chi connectivity index (χ1n) is 13.6. The van der Waals surface area contributed by atoms with Crippen molar-refractivity contribution in [1.29, 1.82) is 0 Å². The van der Waals surface area contributed by atoms with Crippen LogP contribution in [0.1, 0.15) is 69.2 Å². The third-order valence-electron chi connectivity index (χ3n) is 2.87. The van der Waals surface area contributed by atoms with Crippen molar-refractivity contribution in [3.05, 3.63) is 0 Å². The Morgan fingerprint density at radius 2 is 0.457 bits per heavy atom. The van der Waals surface area contributed by atoms with Crippen LogP contribution in [0.3, 0.4) is 0 Å². The predicted molar refractivity (Wildman–Crippen MR) is 220 cm³/mol. The molecular weight excluding hydrogens is 972 g/mol. The van der Waals surface area contributed by atoms with Gasteiger partial charge >= 0.3 is 0 Å². The van der Waals surface area contributed by atoms with Gasteiger partial charge in [-0.2, -0.15) is 0 Å². The van der Waals surface area contributed by atoms with Crippen LogP contribution in [0.15, 0.2) is 0 Å². The van der Waals surface area contributed by atoms with Crippen molar-refractivity contribution in [2.45, 2.75) is 69.2 Å². The van der Waals surface area contributed by atoms with Crippen molar-refractivity contribution >= 4 is 144 Å². The molecule has 0 rings (SSSR count). The van der Waals surface area contributed by atoms with Crippen LogP contribution in [-0.2, 0) is 103 Å². The Morgan fingerprint density at radius 3 is 0.522 bits per heavy atom. The van der Waals surface area contributed by atoms with Gasteiger partial charge in [0.05, 0.1) is 0 Å². The molecule has 26 heteroatoms. The average Bonchev–Trinajstić information content (AvgIpc) is 2.85. The van der Waals surface area contributed by atoms with E-state index in [1.54, 1.807) is 34.6 Å². The van der Waals surface area contributed by atoms with Crippen molar-refractivity contribution in [2.24, 2.45) is 0 Å². The van der Waals surface area contributed by atoms with Gasteiger partial charge in [0.2, 0.25) is 0 Å². The first-order valence-corrected chi connectivity index (χ1v) is 34.8. The molecule has 5 unspecified atom stereocenters. The van der Waals surface area contributed by atoms with E-state index in [-0.39, 0.29) is 21.1 Å². The fourth-order valence-electron chi connectivity index (χ4n) is 1.77. The zero-order chi connectivity index (χ0) is 36.6. The second kappa shape index (κ2) is 40.0. The molecule has 10 nitrogen and oxygen atoms in total. The fourth-order valence-corrected chi connectivity index (χ4v) is 19.1. The standard InChI is InChI=1S/5C4H11O2PS2.Mo/c5*1-3-6-7(5,8)9-4-2;/h5*3-4H2,1-2H3,(H,5,8);/p-5. The van der Waals surface area contributed by atoms with Gasteiger partial charge in [0.15, 0.2) is 0 Å². The van der Waals surface area contributed by atoms with Gasteiger partial charge in [-0.1, -0.05) is 93.7 Å². The molecule has 0 N–H and O–H groups in total. The van der Waals surface area contributed by atoms with Gasteiger partial charge in [-0.25, -0.2) is 0 Å². The van der Waals surface area contributed by atoms with Crippen molar-refractivity contribution in [1.82, 2.24) is 0 Å². The topological polar surface area (TPSA) is 161 Å². The molecular formula is C20H50MoO10P5S10-5. The number of hydrogen-bond donors (Lipinski definition) is 0. The van der Waals surface area contributed by atoms with Crippen LogP contribution in [0.4, 0.5) is 0 Å². The normalized spacial score (nSPS) is 16.8. The third kappa shape index (κ3) is 56.0. The Morgan fingerprint density at radius 1 is 0.348 bits per heavy atom. The van der Waals surface area contributed by atoms with E-state index in [0.717, 1.165) is 28.8 Å². The van der Waals surface area contributed by atoms with E-state index >= 15 is 0 Å². The van der Waals surface area contributed by atoms with Crippen LogP contribution >= 0.6 is 85.4 Å². The van der Waals surface area contributed by atoms with E-state index in [4.69, 9.17) is 22.6 Å². The van der Waals surface area contributed by atoms with E-state index in [1.165, 1.54) is 56.9 Å². The summed E-state index contributed by atoms with van der Waals surface area (Å²) in [6.07, 6.45) is 0. The second-order valence-corrected chi connectivity index (χ2v) is 38.1. The zero-order valence-electron chi connectivity index (χ0n) is 27.9. The van der Waals surface area contributed by atoms with E-state index in [2.05, 4.69) is 59.0 Å². The molecule has 0 amide bonds. The summed E-state index contributed by atoms with van der Waals surface area (Å²) in [6.45, 7) is 20.7. The molecule has 0 aromatic carbocycles. The van der Waals surface area contributed by atoms with Gasteiger partial charge in [-0.3, -0.25) is 0 Å². The monoisotopic (exact) mass is 1020 g/mol. The predicted octanol–water partition coefficient (Wildman–Crippen LogP) is 6.80. The van der Waals surface area contributed by atoms with Crippen LogP contribution in [0, 0.1) is 0 Å². The molecule has 286 valence electrons. The molecule has 0 spiro atoms. The Balaban J connectivity index is -0.000000108. The Bertz CT molecular complexity index is 705. The molecule has 0 heterocycles. The first-order chi connectivity index (χ1) is 20.6. The van der Waals surface area contributed by atoms with Gasteiger partial charge < -0.3 is 47.1 Å². The molecule has 0 aliphatic heterocycles. The Kier molecular flexibility index (Phi) is 54.9. The molecule has 0 aromatic heterocycles. The summed E-state index contributed by atoms with van der Waals surface area (Å²) in [5.41, 5.74) is -13.5. The maximum absolute atomic E-state index is 11.0. The SMILES string of the molecule is CCOP([O-])(=S)SCC.CCOP([O-])(=S)SCC.CCOP([O-])(=S)SCC.CCOP([O-])(=S)SCC.CCOP([O-])(=S)SCC.[Mo]. The molecule has 0 aliphatic rings. The minimum Gasteiger partial charge on any atom is -0.793 e. The summed E-state index contributed by atoms with van der Waals surface area (Å²) in [5.74, 6) is 3.75. The smallest absolute Gasteiger partial charge is 0.0485 e. The zero-order valence-corrected chi connectivity index (χ0v) is 42.5. The van der Waals surface area contributed by atoms with Gasteiger partial charge in [0.25, 0.3) is 0 Å². The summed E-state index contributed by atoms with van der Waals surface area (Å²) in [7, 11) is 0. The maximum Gasteiger partial charge on any atom is 0.0485 e. The Labute approximate surface area is 339 Å². The van der Waals surface area contributed by atoms with Gasteiger partial charge in [-0.05, 0) is 63.4 Å². The van der Waals surface area contributed by atoms with Gasteiger partial charge in [-0.15, -0.1) is 56.9 Å². The quantitative estimate of drug-likeness (QED) is 0.0924. The molecule has 5 atom stereocenters. The minimum absolute atomic E-state index is 0. The molecule has 0 bridgehead atoms. The second-order valence-electron chi connectivity index (χ2n) is 6.41. The van der Waals surface area contributed by atoms with Crippen LogP contribution in [0.5, 0.6) is 0 Å². The van der Waals surface area contributed by atoms with E-state index in [1.807, 2.05) is 34.6 Å². The van der Waals surface area contributed by atoms with E-state index in [0.29, 0.717) is 33.0 Å². The van der Waals surface area contributed by atoms with Crippen molar-refractivity contribution < 1.29 is 68.2 Å². The molecule has 0 fully saturated rings. The van der Waals surface area contributed by atoms with Crippen molar-refractivity contribution in [3.63, 3.8) is 0 Å². The molecule has 46 heavy (non-hydrogen) atoms. The molecule has 0 saturated heterocycles. The molecule has 0 aromatic rings. The van der Waals surface area contributed by atoms with Crippen LogP contribution in [-0.4, -0.2) is 61.8 Å². The van der Waals surface area contributed by atoms with E-state index in [9.17, 15) is 24.5 Å². The van der Waals surface area contributed by atoms with Crippen LogP contribution in [0.25, 0.3) is 0 Å². The first kappa shape index (κ1) is 63.2. The Hall–Kier alpha value is 5.29. The summed E-state index contributed by atoms with van der Waals surface area (Å²) in [4.78, 5) is 54.8. The number of rotatable bonds is 20. The summed E-state index contributed by atoms with van der Waals surface area (Å²) in [5, 5.41) is 0. The fraction of sp³-hybridized carbons (Fsp3) is 1.00. The van der Waals surface area contributed by atoms with Crippen molar-refractivity contribution in [2.75, 3.05) is 61.8 Å².